The van der Waals surface area contributed by atoms with Gasteiger partial charge in [0.2, 0.25) is 11.7 Å². The molecular formula is C23H28N2O5. The molecule has 0 aliphatic carbocycles. The highest BCUT2D eigenvalue weighted by Crippen LogP contribution is 2.38. The van der Waals surface area contributed by atoms with Gasteiger partial charge in [-0.3, -0.25) is 9.59 Å². The number of ether oxygens (including phenoxy) is 3. The number of hydrogen-bond donors (Lipinski definition) is 1. The molecule has 1 heterocycles. The molecule has 0 spiro atoms. The van der Waals surface area contributed by atoms with Crippen LogP contribution in [0.5, 0.6) is 17.2 Å². The van der Waals surface area contributed by atoms with E-state index in [1.807, 2.05) is 36.9 Å². The third-order valence-corrected chi connectivity index (χ3v) is 5.15. The maximum Gasteiger partial charge on any atom is 0.255 e. The molecule has 2 aromatic carbocycles. The highest BCUT2D eigenvalue weighted by atomic mass is 16.5. The van der Waals surface area contributed by atoms with Crippen LogP contribution in [0.15, 0.2) is 30.3 Å². The van der Waals surface area contributed by atoms with Crippen LogP contribution in [-0.4, -0.2) is 39.7 Å². The summed E-state index contributed by atoms with van der Waals surface area (Å²) in [6, 6.07) is 8.90. The summed E-state index contributed by atoms with van der Waals surface area (Å²) in [7, 11) is 4.52. The molecule has 7 heteroatoms. The lowest BCUT2D eigenvalue weighted by molar-refractivity contribution is -0.121. The van der Waals surface area contributed by atoms with Gasteiger partial charge in [-0.05, 0) is 42.7 Å². The topological polar surface area (TPSA) is 77.1 Å². The van der Waals surface area contributed by atoms with Crippen LogP contribution in [0.25, 0.3) is 0 Å². The zero-order valence-corrected chi connectivity index (χ0v) is 18.1. The van der Waals surface area contributed by atoms with E-state index >= 15 is 0 Å². The molecule has 1 aliphatic rings. The summed E-state index contributed by atoms with van der Waals surface area (Å²) in [5, 5.41) is 2.91. The van der Waals surface area contributed by atoms with Crippen molar-refractivity contribution in [2.24, 2.45) is 5.92 Å². The van der Waals surface area contributed by atoms with Gasteiger partial charge in [0.15, 0.2) is 11.5 Å². The standard InChI is InChI=1S/C23H28N2O5/c1-14(2)23(27)25-10-6-7-15-8-9-17(13-18(15)25)24-22(26)16-11-19(28-3)21(30-5)20(12-16)29-4/h8-9,11-14H,6-7,10H2,1-5H3,(H,24,26). The summed E-state index contributed by atoms with van der Waals surface area (Å²) in [4.78, 5) is 27.3. The van der Waals surface area contributed by atoms with Gasteiger partial charge in [0.25, 0.3) is 5.91 Å². The number of hydrogen-bond acceptors (Lipinski definition) is 5. The minimum Gasteiger partial charge on any atom is -0.493 e. The normalized spacial score (nSPS) is 12.9. The molecule has 0 fully saturated rings. The lowest BCUT2D eigenvalue weighted by Crippen LogP contribution is -2.38. The van der Waals surface area contributed by atoms with Crippen LogP contribution in [0.4, 0.5) is 11.4 Å². The third kappa shape index (κ3) is 4.20. The number of benzene rings is 2. The van der Waals surface area contributed by atoms with Crippen molar-refractivity contribution in [3.8, 4) is 17.2 Å². The number of carbonyl (C=O) groups excluding carboxylic acids is 2. The van der Waals surface area contributed by atoms with Crippen LogP contribution in [0.3, 0.4) is 0 Å². The number of amides is 2. The minimum absolute atomic E-state index is 0.0871. The molecule has 0 saturated carbocycles. The fourth-order valence-electron chi connectivity index (χ4n) is 3.61. The molecule has 1 N–H and O–H groups in total. The molecule has 3 rings (SSSR count). The Labute approximate surface area is 176 Å². The van der Waals surface area contributed by atoms with Crippen LogP contribution in [0.1, 0.15) is 36.2 Å². The van der Waals surface area contributed by atoms with Crippen molar-refractivity contribution < 1.29 is 23.8 Å². The molecule has 0 bridgehead atoms. The number of nitrogens with one attached hydrogen (secondary N) is 1. The van der Waals surface area contributed by atoms with Crippen LogP contribution in [-0.2, 0) is 11.2 Å². The van der Waals surface area contributed by atoms with E-state index in [9.17, 15) is 9.59 Å². The van der Waals surface area contributed by atoms with Crippen molar-refractivity contribution in [1.82, 2.24) is 0 Å². The van der Waals surface area contributed by atoms with Gasteiger partial charge in [-0.1, -0.05) is 19.9 Å². The van der Waals surface area contributed by atoms with Crippen molar-refractivity contribution >= 4 is 23.2 Å². The summed E-state index contributed by atoms with van der Waals surface area (Å²) < 4.78 is 16.0. The Balaban J connectivity index is 1.89. The van der Waals surface area contributed by atoms with Gasteiger partial charge in [0.1, 0.15) is 0 Å². The van der Waals surface area contributed by atoms with Gasteiger partial charge < -0.3 is 24.4 Å². The first-order valence-corrected chi connectivity index (χ1v) is 9.95. The Bertz CT molecular complexity index is 930. The van der Waals surface area contributed by atoms with Gasteiger partial charge in [-0.15, -0.1) is 0 Å². The molecule has 0 atom stereocenters. The fraction of sp³-hybridized carbons (Fsp3) is 0.391. The second-order valence-corrected chi connectivity index (χ2v) is 7.46. The molecular weight excluding hydrogens is 384 g/mol. The van der Waals surface area contributed by atoms with Gasteiger partial charge in [-0.25, -0.2) is 0 Å². The summed E-state index contributed by atoms with van der Waals surface area (Å²) in [5.74, 6) is 0.916. The summed E-state index contributed by atoms with van der Waals surface area (Å²) in [6.07, 6.45) is 1.85. The van der Waals surface area contributed by atoms with Gasteiger partial charge in [-0.2, -0.15) is 0 Å². The lowest BCUT2D eigenvalue weighted by atomic mass is 9.99. The summed E-state index contributed by atoms with van der Waals surface area (Å²) >= 11 is 0. The number of fused-ring (bicyclic) bond motifs is 1. The van der Waals surface area contributed by atoms with E-state index in [-0.39, 0.29) is 17.7 Å². The van der Waals surface area contributed by atoms with Gasteiger partial charge in [0, 0.05) is 29.4 Å². The predicted octanol–water partition coefficient (Wildman–Crippen LogP) is 3.90. The van der Waals surface area contributed by atoms with E-state index in [0.717, 1.165) is 24.1 Å². The Morgan fingerprint density at radius 1 is 1.00 bits per heavy atom. The largest absolute Gasteiger partial charge is 0.493 e. The first kappa shape index (κ1) is 21.5. The quantitative estimate of drug-likeness (QED) is 0.779. The molecule has 0 radical (unpaired) electrons. The van der Waals surface area contributed by atoms with Crippen molar-refractivity contribution in [3.63, 3.8) is 0 Å². The third-order valence-electron chi connectivity index (χ3n) is 5.15. The van der Waals surface area contributed by atoms with Crippen molar-refractivity contribution in [2.45, 2.75) is 26.7 Å². The number of anilines is 2. The zero-order chi connectivity index (χ0) is 21.8. The highest BCUT2D eigenvalue weighted by molar-refractivity contribution is 6.06. The molecule has 0 aromatic heterocycles. The summed E-state index contributed by atoms with van der Waals surface area (Å²) in [6.45, 7) is 4.48. The number of rotatable bonds is 6. The van der Waals surface area contributed by atoms with E-state index < -0.39 is 0 Å². The molecule has 7 nitrogen and oxygen atoms in total. The smallest absolute Gasteiger partial charge is 0.255 e. The van der Waals surface area contributed by atoms with E-state index in [1.54, 1.807) is 12.1 Å². The SMILES string of the molecule is COc1cc(C(=O)Nc2ccc3c(c2)N(C(=O)C(C)C)CCC3)cc(OC)c1OC. The maximum absolute atomic E-state index is 12.9. The van der Waals surface area contributed by atoms with E-state index in [4.69, 9.17) is 14.2 Å². The van der Waals surface area contributed by atoms with Crippen LogP contribution in [0, 0.1) is 5.92 Å². The first-order valence-electron chi connectivity index (χ1n) is 9.95. The Hall–Kier alpha value is -3.22. The summed E-state index contributed by atoms with van der Waals surface area (Å²) in [5.41, 5.74) is 2.97. The van der Waals surface area contributed by atoms with Crippen LogP contribution in [0.2, 0.25) is 0 Å². The number of nitrogens with zero attached hydrogens (tertiary/aromatic N) is 1. The molecule has 0 saturated heterocycles. The molecule has 0 unspecified atom stereocenters. The Morgan fingerprint density at radius 2 is 1.67 bits per heavy atom. The Morgan fingerprint density at radius 3 is 2.23 bits per heavy atom. The zero-order valence-electron chi connectivity index (χ0n) is 18.1. The van der Waals surface area contributed by atoms with Gasteiger partial charge in [0.05, 0.1) is 21.3 Å². The van der Waals surface area contributed by atoms with E-state index in [0.29, 0.717) is 35.0 Å². The Kier molecular flexibility index (Phi) is 6.50. The number of aryl methyl sites for hydroxylation is 1. The second kappa shape index (κ2) is 9.07. The lowest BCUT2D eigenvalue weighted by Gasteiger charge is -2.31. The molecule has 1 aliphatic heterocycles. The molecule has 2 aromatic rings. The average molecular weight is 412 g/mol. The second-order valence-electron chi connectivity index (χ2n) is 7.46. The average Bonchev–Trinajstić information content (AvgIpc) is 2.76. The van der Waals surface area contributed by atoms with Gasteiger partial charge >= 0.3 is 0 Å². The van der Waals surface area contributed by atoms with E-state index in [1.165, 1.54) is 21.3 Å². The van der Waals surface area contributed by atoms with Crippen LogP contribution >= 0.6 is 0 Å². The molecule has 160 valence electrons. The number of carbonyl (C=O) groups is 2. The van der Waals surface area contributed by atoms with Crippen molar-refractivity contribution in [2.75, 3.05) is 38.1 Å². The number of methoxy groups -OCH3 is 3. The van der Waals surface area contributed by atoms with Crippen molar-refractivity contribution in [3.05, 3.63) is 41.5 Å². The van der Waals surface area contributed by atoms with Crippen molar-refractivity contribution in [1.29, 1.82) is 0 Å². The highest BCUT2D eigenvalue weighted by Gasteiger charge is 2.25. The van der Waals surface area contributed by atoms with E-state index in [2.05, 4.69) is 5.32 Å². The molecule has 30 heavy (non-hydrogen) atoms. The minimum atomic E-state index is -0.313. The van der Waals surface area contributed by atoms with Crippen LogP contribution < -0.4 is 24.4 Å². The maximum atomic E-state index is 12.9. The fourth-order valence-corrected chi connectivity index (χ4v) is 3.61. The monoisotopic (exact) mass is 412 g/mol. The first-order chi connectivity index (χ1) is 14.4. The predicted molar refractivity (Wildman–Crippen MR) is 116 cm³/mol. The molecule has 2 amide bonds.